The highest BCUT2D eigenvalue weighted by Crippen LogP contribution is 2.39. The van der Waals surface area contributed by atoms with Gasteiger partial charge in [0.1, 0.15) is 24.9 Å². The maximum Gasteiger partial charge on any atom is 0.338 e. The number of carbonyl (C=O) groups excluding carboxylic acids is 8. The van der Waals surface area contributed by atoms with Crippen LogP contribution in [0.1, 0.15) is 72.6 Å². The summed E-state index contributed by atoms with van der Waals surface area (Å²) >= 11 is 12.5. The number of ether oxygens (including phenoxy) is 10. The standard InChI is InChI=1S/C48H43Cl2NO18/c1-24(52)61-22-34-37(63-25(2)53)39(64-26(3)54)36(51-42(55)30-20-32(49)33(50)21-31(30)43(51)56)47(65-34)62-23-35-38(67-44(57)27-14-8-5-9-15-27)40(68-45(58)28-16-10-6-11-17-28)41(48(60-4)66-35)69-46(59)29-18-12-7-13-19-29/h5-21,34-41,47-48H,22-23H2,1-4H3/t34-,35-,36-,37-,38-,39-,40+,41-,47-,48+/m1/s1. The van der Waals surface area contributed by atoms with Crippen LogP contribution in [0, 0.1) is 0 Å². The molecule has 0 bridgehead atoms. The largest absolute Gasteiger partial charge is 0.463 e. The van der Waals surface area contributed by atoms with Crippen LogP contribution in [0.4, 0.5) is 0 Å². The first kappa shape index (κ1) is 50.1. The fourth-order valence-corrected chi connectivity index (χ4v) is 8.24. The van der Waals surface area contributed by atoms with Gasteiger partial charge in [-0.3, -0.25) is 28.9 Å². The number of benzene rings is 4. The van der Waals surface area contributed by atoms with Crippen LogP contribution >= 0.6 is 23.2 Å². The number of imide groups is 1. The van der Waals surface area contributed by atoms with E-state index in [-0.39, 0.29) is 37.9 Å². The third-order valence-electron chi connectivity index (χ3n) is 10.9. The van der Waals surface area contributed by atoms with Crippen molar-refractivity contribution in [3.05, 3.63) is 141 Å². The van der Waals surface area contributed by atoms with E-state index in [0.29, 0.717) is 4.90 Å². The average Bonchev–Trinajstić information content (AvgIpc) is 3.56. The Morgan fingerprint density at radius 2 is 0.928 bits per heavy atom. The van der Waals surface area contributed by atoms with Gasteiger partial charge in [0, 0.05) is 27.9 Å². The highest BCUT2D eigenvalue weighted by atomic mass is 35.5. The lowest BCUT2D eigenvalue weighted by molar-refractivity contribution is -0.318. The SMILES string of the molecule is CO[C@H]1O[C@H](CO[C@@H]2O[C@H](COC(C)=O)[C@@H](OC(C)=O)[C@H](OC(C)=O)[C@H]2N2C(=O)c3cc(Cl)c(Cl)cc3C2=O)[C@@H](OC(=O)c2ccccc2)[C@H](OC(=O)c2ccccc2)[C@H]1OC(=O)c1ccccc1. The lowest BCUT2D eigenvalue weighted by Crippen LogP contribution is -2.68. The first-order valence-corrected chi connectivity index (χ1v) is 21.9. The van der Waals surface area contributed by atoms with E-state index >= 15 is 0 Å². The second-order valence-electron chi connectivity index (χ2n) is 15.6. The van der Waals surface area contributed by atoms with Gasteiger partial charge in [0.05, 0.1) is 44.5 Å². The molecule has 0 aliphatic carbocycles. The molecule has 7 rings (SSSR count). The summed E-state index contributed by atoms with van der Waals surface area (Å²) in [5.41, 5.74) is -0.198. The van der Waals surface area contributed by atoms with Crippen LogP contribution in [-0.2, 0) is 61.8 Å². The molecule has 19 nitrogen and oxygen atoms in total. The minimum atomic E-state index is -1.90. The van der Waals surface area contributed by atoms with Crippen molar-refractivity contribution in [1.82, 2.24) is 4.90 Å². The number of rotatable bonds is 15. The van der Waals surface area contributed by atoms with Gasteiger partial charge in [-0.2, -0.15) is 0 Å². The Morgan fingerprint density at radius 3 is 1.38 bits per heavy atom. The molecule has 0 radical (unpaired) electrons. The number of amides is 2. The van der Waals surface area contributed by atoms with E-state index in [0.717, 1.165) is 32.9 Å². The molecule has 3 heterocycles. The predicted molar refractivity (Wildman–Crippen MR) is 236 cm³/mol. The minimum Gasteiger partial charge on any atom is -0.463 e. The van der Waals surface area contributed by atoms with Gasteiger partial charge in [-0.15, -0.1) is 0 Å². The molecule has 2 fully saturated rings. The van der Waals surface area contributed by atoms with Crippen molar-refractivity contribution >= 4 is 70.8 Å². The zero-order valence-corrected chi connectivity index (χ0v) is 38.6. The molecular weight excluding hydrogens is 949 g/mol. The van der Waals surface area contributed by atoms with Crippen LogP contribution in [0.25, 0.3) is 0 Å². The molecule has 0 spiro atoms. The van der Waals surface area contributed by atoms with Crippen LogP contribution in [-0.4, -0.2) is 134 Å². The normalized spacial score (nSPS) is 25.2. The maximum absolute atomic E-state index is 14.3. The van der Waals surface area contributed by atoms with Crippen molar-refractivity contribution in [1.29, 1.82) is 0 Å². The third-order valence-corrected chi connectivity index (χ3v) is 11.7. The first-order chi connectivity index (χ1) is 33.1. The van der Waals surface area contributed by atoms with E-state index < -0.39 is 122 Å². The minimum absolute atomic E-state index is 0.0487. The summed E-state index contributed by atoms with van der Waals surface area (Å²) in [5.74, 6) is -7.42. The van der Waals surface area contributed by atoms with Crippen molar-refractivity contribution in [3.8, 4) is 0 Å². The Bertz CT molecular complexity index is 2540. The van der Waals surface area contributed by atoms with Gasteiger partial charge in [-0.25, -0.2) is 14.4 Å². The summed E-state index contributed by atoms with van der Waals surface area (Å²) in [4.78, 5) is 109. The summed E-state index contributed by atoms with van der Waals surface area (Å²) in [5, 5.41) is -0.147. The second kappa shape index (κ2) is 22.1. The highest BCUT2D eigenvalue weighted by molar-refractivity contribution is 6.43. The van der Waals surface area contributed by atoms with E-state index in [1.54, 1.807) is 54.6 Å². The Morgan fingerprint density at radius 1 is 0.522 bits per heavy atom. The fourth-order valence-electron chi connectivity index (χ4n) is 7.91. The first-order valence-electron chi connectivity index (χ1n) is 21.1. The van der Waals surface area contributed by atoms with Crippen LogP contribution in [0.2, 0.25) is 10.0 Å². The summed E-state index contributed by atoms with van der Waals surface area (Å²) in [7, 11) is 1.21. The zero-order chi connectivity index (χ0) is 49.5. The monoisotopic (exact) mass is 991 g/mol. The molecule has 3 aliphatic heterocycles. The molecule has 0 unspecified atom stereocenters. The van der Waals surface area contributed by atoms with Crippen molar-refractivity contribution in [2.24, 2.45) is 0 Å². The third kappa shape index (κ3) is 11.4. The smallest absolute Gasteiger partial charge is 0.338 e. The Kier molecular flexibility index (Phi) is 16.1. The van der Waals surface area contributed by atoms with Crippen LogP contribution < -0.4 is 0 Å². The van der Waals surface area contributed by atoms with Gasteiger partial charge < -0.3 is 47.4 Å². The molecule has 0 aromatic heterocycles. The Labute approximate surface area is 403 Å². The van der Waals surface area contributed by atoms with Gasteiger partial charge in [-0.1, -0.05) is 77.8 Å². The number of hydrogen-bond acceptors (Lipinski definition) is 18. The average molecular weight is 993 g/mol. The topological polar surface area (TPSA) is 232 Å². The quantitative estimate of drug-likeness (QED) is 0.0849. The van der Waals surface area contributed by atoms with Gasteiger partial charge >= 0.3 is 35.8 Å². The molecule has 0 saturated carbocycles. The molecule has 4 aromatic carbocycles. The van der Waals surface area contributed by atoms with Gasteiger partial charge in [-0.05, 0) is 48.5 Å². The van der Waals surface area contributed by atoms with E-state index in [4.69, 9.17) is 70.6 Å². The molecule has 69 heavy (non-hydrogen) atoms. The van der Waals surface area contributed by atoms with Gasteiger partial charge in [0.15, 0.2) is 43.1 Å². The summed E-state index contributed by atoms with van der Waals surface area (Å²) < 4.78 is 59.5. The van der Waals surface area contributed by atoms with Crippen molar-refractivity contribution < 1.29 is 85.7 Å². The maximum atomic E-state index is 14.3. The number of carbonyl (C=O) groups is 8. The molecule has 4 aromatic rings. The van der Waals surface area contributed by atoms with Crippen molar-refractivity contribution in [2.75, 3.05) is 20.3 Å². The summed E-state index contributed by atoms with van der Waals surface area (Å²) in [6.07, 6.45) is -15.1. The van der Waals surface area contributed by atoms with Crippen LogP contribution in [0.15, 0.2) is 103 Å². The number of hydrogen-bond donors (Lipinski definition) is 0. The Balaban J connectivity index is 1.32. The van der Waals surface area contributed by atoms with Crippen molar-refractivity contribution in [3.63, 3.8) is 0 Å². The number of halogens is 2. The Hall–Kier alpha value is -6.74. The molecule has 10 atom stereocenters. The van der Waals surface area contributed by atoms with E-state index in [1.807, 2.05) is 0 Å². The van der Waals surface area contributed by atoms with Crippen LogP contribution in [0.3, 0.4) is 0 Å². The van der Waals surface area contributed by atoms with Gasteiger partial charge in [0.2, 0.25) is 0 Å². The summed E-state index contributed by atoms with van der Waals surface area (Å²) in [6.45, 7) is 1.74. The number of fused-ring (bicyclic) bond motifs is 1. The number of methoxy groups -OCH3 is 1. The van der Waals surface area contributed by atoms with Crippen LogP contribution in [0.5, 0.6) is 0 Å². The molecule has 0 N–H and O–H groups in total. The second-order valence-corrected chi connectivity index (χ2v) is 16.4. The molecule has 362 valence electrons. The number of esters is 6. The van der Waals surface area contributed by atoms with Crippen molar-refractivity contribution in [2.45, 2.75) is 82.1 Å². The fraction of sp³-hybridized carbons (Fsp3) is 0.333. The van der Waals surface area contributed by atoms with E-state index in [1.165, 1.54) is 43.5 Å². The lowest BCUT2D eigenvalue weighted by atomic mass is 9.94. The van der Waals surface area contributed by atoms with Gasteiger partial charge in [0.25, 0.3) is 11.8 Å². The molecule has 2 amide bonds. The number of nitrogens with zero attached hydrogens (tertiary/aromatic N) is 1. The molecular formula is C48H43Cl2NO18. The molecule has 2 saturated heterocycles. The zero-order valence-electron chi connectivity index (χ0n) is 37.1. The summed E-state index contributed by atoms with van der Waals surface area (Å²) in [6, 6.07) is 23.8. The molecule has 21 heteroatoms. The lowest BCUT2D eigenvalue weighted by Gasteiger charge is -2.48. The van der Waals surface area contributed by atoms with E-state index in [2.05, 4.69) is 0 Å². The van der Waals surface area contributed by atoms with E-state index in [9.17, 15) is 38.4 Å². The predicted octanol–water partition coefficient (Wildman–Crippen LogP) is 5.17. The highest BCUT2D eigenvalue weighted by Gasteiger charge is 2.59. The molecule has 3 aliphatic rings.